The third-order valence-corrected chi connectivity index (χ3v) is 10.9. The first-order valence-electron chi connectivity index (χ1n) is 15.1. The number of thioether (sulfide) groups is 1. The molecule has 5 heterocycles. The van der Waals surface area contributed by atoms with Gasteiger partial charge in [-0.15, -0.1) is 11.8 Å². The predicted octanol–water partition coefficient (Wildman–Crippen LogP) is 2.39. The molecule has 0 radical (unpaired) electrons. The standard InChI is InChI=1S/C32H34N4O9S/c1-12-6-16-7-17-19(8-33)36-20-9-42-32(40)18(34-14(3)37)10-46-31(25(36)24(35-17)21(16)26(39)27(12)41-5)23-22(20)30-29(43-11-44-30)13(2)28(23)45-15(4)38/h6,17-20,24-25,31,35,39H,7,9-11H2,1-5H3,(H,34,37)/t17-,18?,19-,20+,24-,25?,31+/m0/s1. The average Bonchev–Trinajstić information content (AvgIpc) is 3.50. The minimum atomic E-state index is -0.947. The zero-order valence-corrected chi connectivity index (χ0v) is 26.8. The number of ether oxygens (including phenoxy) is 5. The first-order chi connectivity index (χ1) is 22.0. The molecular weight excluding hydrogens is 616 g/mol. The van der Waals surface area contributed by atoms with Gasteiger partial charge in [0, 0.05) is 53.9 Å². The molecule has 7 rings (SSSR count). The second-order valence-corrected chi connectivity index (χ2v) is 13.4. The van der Waals surface area contributed by atoms with Crippen LogP contribution in [0.15, 0.2) is 6.07 Å². The van der Waals surface area contributed by atoms with E-state index in [2.05, 4.69) is 21.6 Å². The number of cyclic esters (lactones) is 1. The number of rotatable bonds is 3. The fourth-order valence-electron chi connectivity index (χ4n) is 7.92. The van der Waals surface area contributed by atoms with Crippen LogP contribution >= 0.6 is 11.8 Å². The molecule has 2 aromatic rings. The Bertz CT molecular complexity index is 1720. The highest BCUT2D eigenvalue weighted by atomic mass is 32.2. The summed E-state index contributed by atoms with van der Waals surface area (Å²) in [6, 6.07) is 0.815. The molecule has 2 unspecified atom stereocenters. The summed E-state index contributed by atoms with van der Waals surface area (Å²) in [5.74, 6) is 0.189. The summed E-state index contributed by atoms with van der Waals surface area (Å²) >= 11 is 1.38. The largest absolute Gasteiger partial charge is 0.504 e. The van der Waals surface area contributed by atoms with Crippen LogP contribution in [0, 0.1) is 25.2 Å². The highest BCUT2D eigenvalue weighted by Gasteiger charge is 2.59. The number of esters is 2. The molecule has 2 aromatic carbocycles. The number of nitriles is 1. The van der Waals surface area contributed by atoms with Gasteiger partial charge in [0.1, 0.15) is 24.4 Å². The molecule has 1 amide bonds. The minimum absolute atomic E-state index is 0.0200. The van der Waals surface area contributed by atoms with E-state index in [-0.39, 0.29) is 36.9 Å². The molecular formula is C32H34N4O9S. The van der Waals surface area contributed by atoms with Crippen molar-refractivity contribution in [2.75, 3.05) is 26.3 Å². The average molecular weight is 651 g/mol. The monoisotopic (exact) mass is 650 g/mol. The van der Waals surface area contributed by atoms with E-state index in [1.807, 2.05) is 13.0 Å². The summed E-state index contributed by atoms with van der Waals surface area (Å²) in [6.07, 6.45) is 0.470. The lowest BCUT2D eigenvalue weighted by Gasteiger charge is -2.59. The number of hydrogen-bond donors (Lipinski definition) is 3. The van der Waals surface area contributed by atoms with Crippen molar-refractivity contribution in [1.29, 1.82) is 5.26 Å². The van der Waals surface area contributed by atoms with Crippen molar-refractivity contribution in [3.05, 3.63) is 39.4 Å². The molecule has 5 aliphatic heterocycles. The molecule has 7 atom stereocenters. The maximum Gasteiger partial charge on any atom is 0.329 e. The van der Waals surface area contributed by atoms with Crippen molar-refractivity contribution >= 4 is 29.6 Å². The fourth-order valence-corrected chi connectivity index (χ4v) is 9.43. The highest BCUT2D eigenvalue weighted by Crippen LogP contribution is 2.62. The Morgan fingerprint density at radius 3 is 2.61 bits per heavy atom. The Labute approximate surface area is 269 Å². The summed E-state index contributed by atoms with van der Waals surface area (Å²) in [6.45, 7) is 6.09. The van der Waals surface area contributed by atoms with Gasteiger partial charge in [-0.05, 0) is 31.4 Å². The van der Waals surface area contributed by atoms with Crippen molar-refractivity contribution in [2.24, 2.45) is 0 Å². The van der Waals surface area contributed by atoms with Crippen LogP contribution in [-0.4, -0.2) is 78.3 Å². The summed E-state index contributed by atoms with van der Waals surface area (Å²) in [5.41, 5.74) is 4.22. The van der Waals surface area contributed by atoms with Gasteiger partial charge in [-0.25, -0.2) is 4.79 Å². The van der Waals surface area contributed by atoms with E-state index in [9.17, 15) is 24.8 Å². The normalized spacial score (nSPS) is 29.0. The maximum atomic E-state index is 13.4. The van der Waals surface area contributed by atoms with Crippen LogP contribution < -0.4 is 29.6 Å². The fraction of sp³-hybridized carbons (Fsp3) is 0.500. The lowest BCUT2D eigenvalue weighted by Crippen LogP contribution is -2.69. The number of aryl methyl sites for hydroxylation is 1. The summed E-state index contributed by atoms with van der Waals surface area (Å²) in [5, 5.41) is 28.3. The Kier molecular flexibility index (Phi) is 7.45. The lowest BCUT2D eigenvalue weighted by molar-refractivity contribution is -0.150. The van der Waals surface area contributed by atoms with Gasteiger partial charge in [-0.1, -0.05) is 6.07 Å². The van der Waals surface area contributed by atoms with E-state index >= 15 is 0 Å². The Hall–Kier alpha value is -4.19. The van der Waals surface area contributed by atoms with E-state index in [0.29, 0.717) is 51.7 Å². The molecule has 13 nitrogen and oxygen atoms in total. The third-order valence-electron chi connectivity index (χ3n) is 9.53. The van der Waals surface area contributed by atoms with Crippen LogP contribution in [-0.2, 0) is 25.5 Å². The van der Waals surface area contributed by atoms with Crippen LogP contribution in [0.3, 0.4) is 0 Å². The Morgan fingerprint density at radius 1 is 1.15 bits per heavy atom. The van der Waals surface area contributed by atoms with Crippen LogP contribution in [0.25, 0.3) is 0 Å². The number of nitrogens with one attached hydrogen (secondary N) is 2. The first kappa shape index (κ1) is 30.5. The van der Waals surface area contributed by atoms with Gasteiger partial charge in [-0.2, -0.15) is 5.26 Å². The second kappa shape index (κ2) is 11.3. The third kappa shape index (κ3) is 4.47. The number of nitrogens with zero attached hydrogens (tertiary/aromatic N) is 2. The van der Waals surface area contributed by atoms with Crippen molar-refractivity contribution < 1.29 is 43.2 Å². The lowest BCUT2D eigenvalue weighted by atomic mass is 9.72. The molecule has 0 saturated carbocycles. The molecule has 3 N–H and O–H groups in total. The number of fused-ring (bicyclic) bond motifs is 9. The van der Waals surface area contributed by atoms with E-state index in [1.54, 1.807) is 6.92 Å². The predicted molar refractivity (Wildman–Crippen MR) is 163 cm³/mol. The first-order valence-corrected chi connectivity index (χ1v) is 16.1. The molecule has 242 valence electrons. The van der Waals surface area contributed by atoms with Crippen molar-refractivity contribution in [3.63, 3.8) is 0 Å². The number of piperazine rings is 1. The van der Waals surface area contributed by atoms with E-state index < -0.39 is 47.4 Å². The Morgan fingerprint density at radius 2 is 1.91 bits per heavy atom. The summed E-state index contributed by atoms with van der Waals surface area (Å²) in [7, 11) is 1.51. The maximum absolute atomic E-state index is 13.4. The summed E-state index contributed by atoms with van der Waals surface area (Å²) < 4.78 is 29.4. The number of methoxy groups -OCH3 is 1. The quantitative estimate of drug-likeness (QED) is 0.327. The topological polar surface area (TPSA) is 169 Å². The number of phenolic OH excluding ortho intramolecular Hbond substituents is 1. The molecule has 4 bridgehead atoms. The molecule has 2 fully saturated rings. The molecule has 0 spiro atoms. The molecule has 0 aliphatic carbocycles. The van der Waals surface area contributed by atoms with E-state index in [1.165, 1.54) is 32.7 Å². The molecule has 46 heavy (non-hydrogen) atoms. The van der Waals surface area contributed by atoms with Crippen LogP contribution in [0.4, 0.5) is 0 Å². The van der Waals surface area contributed by atoms with Gasteiger partial charge in [0.25, 0.3) is 0 Å². The SMILES string of the molecule is COc1c(C)cc2c(c1O)[C@@H]1N[C@@H](C2)[C@H](C#N)N2C1[C@@H]1SCC(NC(C)=O)C(=O)OC[C@@H]2c2c3c(c(C)c(OC(C)=O)c21)OCO3. The van der Waals surface area contributed by atoms with Crippen molar-refractivity contribution in [1.82, 2.24) is 15.5 Å². The number of aromatic hydroxyl groups is 1. The summed E-state index contributed by atoms with van der Waals surface area (Å²) in [4.78, 5) is 40.1. The van der Waals surface area contributed by atoms with Gasteiger partial charge in [0.15, 0.2) is 23.0 Å². The van der Waals surface area contributed by atoms with Crippen LogP contribution in [0.2, 0.25) is 0 Å². The van der Waals surface area contributed by atoms with E-state index in [4.69, 9.17) is 23.7 Å². The number of amides is 1. The molecule has 2 saturated heterocycles. The highest BCUT2D eigenvalue weighted by molar-refractivity contribution is 7.99. The van der Waals surface area contributed by atoms with E-state index in [0.717, 1.165) is 11.1 Å². The Balaban J connectivity index is 1.52. The zero-order chi connectivity index (χ0) is 32.6. The van der Waals surface area contributed by atoms with Gasteiger partial charge in [0.2, 0.25) is 12.7 Å². The molecule has 0 aromatic heterocycles. The van der Waals surface area contributed by atoms with Crippen LogP contribution in [0.1, 0.15) is 64.6 Å². The minimum Gasteiger partial charge on any atom is -0.504 e. The zero-order valence-electron chi connectivity index (χ0n) is 26.0. The van der Waals surface area contributed by atoms with Gasteiger partial charge in [0.05, 0.1) is 30.5 Å². The molecule has 5 aliphatic rings. The van der Waals surface area contributed by atoms with Crippen LogP contribution in [0.5, 0.6) is 28.7 Å². The second-order valence-electron chi connectivity index (χ2n) is 12.2. The number of hydrogen-bond acceptors (Lipinski definition) is 13. The van der Waals surface area contributed by atoms with Gasteiger partial charge in [-0.3, -0.25) is 14.5 Å². The smallest absolute Gasteiger partial charge is 0.329 e. The number of carbonyl (C=O) groups excluding carboxylic acids is 3. The number of benzene rings is 2. The van der Waals surface area contributed by atoms with Crippen molar-refractivity contribution in [2.45, 2.75) is 75.6 Å². The van der Waals surface area contributed by atoms with Crippen molar-refractivity contribution in [3.8, 4) is 34.8 Å². The van der Waals surface area contributed by atoms with Gasteiger partial charge >= 0.3 is 11.9 Å². The molecule has 14 heteroatoms. The van der Waals surface area contributed by atoms with Gasteiger partial charge < -0.3 is 39.4 Å². The number of phenols is 1. The number of carbonyl (C=O) groups is 3.